The number of carboxylic acids is 1. The van der Waals surface area contributed by atoms with Crippen LogP contribution in [0.5, 0.6) is 17.2 Å². The van der Waals surface area contributed by atoms with Crippen molar-refractivity contribution in [2.45, 2.75) is 340 Å². The number of amides is 10. The van der Waals surface area contributed by atoms with Crippen LogP contribution in [0.4, 0.5) is 4.79 Å². The Morgan fingerprint density at radius 3 is 1.36 bits per heavy atom. The molecule has 17 N–H and O–H groups in total. The van der Waals surface area contributed by atoms with Gasteiger partial charge >= 0.3 is 12.1 Å². The fourth-order valence-electron chi connectivity index (χ4n) is 19.4. The number of guanidine groups is 2. The van der Waals surface area contributed by atoms with Crippen LogP contribution in [0.2, 0.25) is 0 Å². The van der Waals surface area contributed by atoms with E-state index in [1.165, 1.54) is 9.80 Å². The van der Waals surface area contributed by atoms with Crippen molar-refractivity contribution in [2.75, 3.05) is 32.7 Å². The molecule has 0 aliphatic carbocycles. The first-order valence-corrected chi connectivity index (χ1v) is 53.4. The molecule has 0 bridgehead atoms. The summed E-state index contributed by atoms with van der Waals surface area (Å²) in [7, 11) is -8.96. The first-order chi connectivity index (χ1) is 68.5. The van der Waals surface area contributed by atoms with Crippen molar-refractivity contribution < 1.29 is 93.6 Å². The van der Waals surface area contributed by atoms with Crippen LogP contribution >= 0.6 is 0 Å². The number of nitrogens with two attached hydrogens (primary N) is 1. The quantitative estimate of drug-likeness (QED) is 0.00731. The predicted octanol–water partition coefficient (Wildman–Crippen LogP) is 9.84. The second-order valence-corrected chi connectivity index (χ2v) is 45.7. The number of fused-ring (bicyclic) bond motifs is 2. The van der Waals surface area contributed by atoms with Gasteiger partial charge in [-0.15, -0.1) is 0 Å². The highest BCUT2D eigenvalue weighted by Crippen LogP contribution is 2.46. The van der Waals surface area contributed by atoms with E-state index in [-0.39, 0.29) is 132 Å². The van der Waals surface area contributed by atoms with Gasteiger partial charge in [0.25, 0.3) is 20.0 Å². The Morgan fingerprint density at radius 2 is 0.925 bits per heavy atom. The average Bonchev–Trinajstić information content (AvgIpc) is 1.69. The van der Waals surface area contributed by atoms with Gasteiger partial charge in [0.2, 0.25) is 65.1 Å². The molecule has 0 spiro atoms. The van der Waals surface area contributed by atoms with Gasteiger partial charge in [-0.05, 0) is 267 Å². The smallest absolute Gasteiger partial charge is 0.407 e. The van der Waals surface area contributed by atoms with E-state index in [2.05, 4.69) is 62.6 Å². The van der Waals surface area contributed by atoms with Crippen molar-refractivity contribution in [3.8, 4) is 17.2 Å². The largest absolute Gasteiger partial charge is 0.488 e. The van der Waals surface area contributed by atoms with Crippen LogP contribution in [0.25, 0.3) is 0 Å². The number of alkyl carbamates (subject to hydrolysis) is 1. The van der Waals surface area contributed by atoms with Crippen molar-refractivity contribution >= 4 is 97.2 Å². The number of hydrogen-bond acceptors (Lipinski definition) is 22. The van der Waals surface area contributed by atoms with Gasteiger partial charge < -0.3 is 92.8 Å². The van der Waals surface area contributed by atoms with E-state index in [9.17, 15) is 45.9 Å². The summed E-state index contributed by atoms with van der Waals surface area (Å²) in [6.45, 7) is 35.0. The maximum atomic E-state index is 16.0. The Morgan fingerprint density at radius 1 is 0.507 bits per heavy atom. The molecule has 4 aliphatic heterocycles. The summed E-state index contributed by atoms with van der Waals surface area (Å²) in [4.78, 5) is 166. The van der Waals surface area contributed by atoms with E-state index in [0.717, 1.165) is 0 Å². The van der Waals surface area contributed by atoms with Gasteiger partial charge in [0.1, 0.15) is 93.5 Å². The average molecular weight is 2060 g/mol. The summed E-state index contributed by atoms with van der Waals surface area (Å²) in [6, 6.07) is 21.4. The molecule has 4 heterocycles. The molecule has 4 aliphatic rings. The SMILES string of the molecule is CC[C@H](C)[C@H](NC(=O)[C@H](Cc1ccc(OC(C)(C)C)cc1)NC(=O)[C@@H]1CCCN1C(=O)[C@H](CCCNC(=N)NS(=O)(=O)c1c(C)c(C)c2c(c1C)CC(C)(C)O2)NC(=O)[C@H](CCCNC(=N)NS(=O)(=O)c1c(C)c(C)c2c(c1C)CC(C)(C)O2)NC(=O)[C@@H]1CCCN1C(=O)[C@H](CCCCNC(=O)OC(C)(C)C)NC(=O)[C@@H](N)CC(=O)NC(c1ccccc1)(c1ccccc1)c1ccccc1)C(=O)N[C@@H](CC(C)C)C(=O)O. The number of nitrogens with zero attached hydrogens (tertiary/aromatic N) is 2. The van der Waals surface area contributed by atoms with Crippen LogP contribution in [-0.4, -0.2) is 218 Å². The van der Waals surface area contributed by atoms with E-state index in [1.54, 1.807) is 114 Å². The summed E-state index contributed by atoms with van der Waals surface area (Å²) in [5.74, 6) is -9.10. The summed E-state index contributed by atoms with van der Waals surface area (Å²) in [5.41, 5.74) is 9.66. The fraction of sp³-hybridized carbons (Fsp3) is 0.542. The minimum absolute atomic E-state index is 0.00218. The zero-order chi connectivity index (χ0) is 108. The number of sulfonamides is 2. The number of carbonyl (C=O) groups is 11. The molecular formula is C107H151N17O20S2. The lowest BCUT2D eigenvalue weighted by Gasteiger charge is -2.37. The summed E-state index contributed by atoms with van der Waals surface area (Å²) < 4.78 is 86.8. The second-order valence-electron chi connectivity index (χ2n) is 42.4. The second kappa shape index (κ2) is 49.1. The van der Waals surface area contributed by atoms with Crippen molar-refractivity contribution in [1.29, 1.82) is 10.8 Å². The van der Waals surface area contributed by atoms with Crippen molar-refractivity contribution in [3.05, 3.63) is 182 Å². The third-order valence-corrected chi connectivity index (χ3v) is 30.1. The van der Waals surface area contributed by atoms with Gasteiger partial charge in [0.05, 0.1) is 22.3 Å². The van der Waals surface area contributed by atoms with Crippen molar-refractivity contribution in [2.24, 2.45) is 17.6 Å². The number of carbonyl (C=O) groups excluding carboxylic acids is 10. The molecule has 6 aromatic carbocycles. The topological polar surface area (TPSA) is 538 Å². The lowest BCUT2D eigenvalue weighted by molar-refractivity contribution is -0.144. The maximum Gasteiger partial charge on any atom is 0.407 e. The highest BCUT2D eigenvalue weighted by atomic mass is 32.2. The fourth-order valence-corrected chi connectivity index (χ4v) is 22.4. The van der Waals surface area contributed by atoms with Crippen LogP contribution in [0.1, 0.15) is 254 Å². The summed E-state index contributed by atoms with van der Waals surface area (Å²) >= 11 is 0. The number of nitrogens with one attached hydrogen (secondary N) is 14. The Kier molecular flexibility index (Phi) is 38.7. The van der Waals surface area contributed by atoms with Gasteiger partial charge in [-0.1, -0.05) is 137 Å². The minimum Gasteiger partial charge on any atom is -0.488 e. The van der Waals surface area contributed by atoms with E-state index in [0.29, 0.717) is 103 Å². The zero-order valence-corrected chi connectivity index (χ0v) is 89.5. The molecule has 0 radical (unpaired) electrons. The van der Waals surface area contributed by atoms with Crippen molar-refractivity contribution in [3.63, 3.8) is 0 Å². The van der Waals surface area contributed by atoms with E-state index in [1.807, 2.05) is 139 Å². The van der Waals surface area contributed by atoms with Crippen molar-refractivity contribution in [1.82, 2.24) is 72.4 Å². The number of likely N-dealkylation sites (tertiary alicyclic amines) is 2. The summed E-state index contributed by atoms with van der Waals surface area (Å²) in [6.07, 6.45) is -0.346. The molecule has 10 atom stereocenters. The Labute approximate surface area is 858 Å². The molecule has 0 saturated carbocycles. The lowest BCUT2D eigenvalue weighted by Crippen LogP contribution is -2.60. The highest BCUT2D eigenvalue weighted by molar-refractivity contribution is 7.90. The third kappa shape index (κ3) is 30.0. The number of ether oxygens (including phenoxy) is 4. The lowest BCUT2D eigenvalue weighted by atomic mass is 9.77. The number of aliphatic carboxylic acids is 1. The third-order valence-electron chi connectivity index (χ3n) is 26.9. The van der Waals surface area contributed by atoms with Crippen LogP contribution in [0, 0.1) is 64.2 Å². The molecule has 0 aromatic heterocycles. The monoisotopic (exact) mass is 2060 g/mol. The maximum absolute atomic E-state index is 16.0. The number of hydrogen-bond donors (Lipinski definition) is 16. The molecule has 796 valence electrons. The first-order valence-electron chi connectivity index (χ1n) is 50.4. The Bertz CT molecular complexity index is 5900. The van der Waals surface area contributed by atoms with E-state index < -0.39 is 192 Å². The standard InChI is InChI=1S/C107H151N17O20S2/c1-21-63(4)86(96(131)118-82(99(134)135)57-62(2)3)119-93(128)81(58-70-48-50-74(51-49-70)141-103(11,12)13)117-95(130)84-47-36-56-124(84)98(133)80(45-34-54-112-101(110)122-146(139,140)90-67(8)65(6)88-76(69(90)10)61-106(19,20)143-88)116-92(127)78(44-33-53-111-100(109)121-145(137,138)89-66(7)64(5)87-75(68(89)9)60-105(17,18)142-87)114-94(129)83-46-35-55-123(83)97(132)79(43-31-32-52-113-102(136)144-104(14,15)16)115-91(126)77(108)59-85(125)120-107(71-37-25-22-26-38-71,72-39-27-23-28-40-72)73-41-29-24-30-42-73/h22-30,37-42,48-51,62-63,77-84,86H,21,31-36,43-47,52-61,108H2,1-20H3,(H,113,136)(H,114,129)(H,115,126)(H,116,127)(H,117,130)(H,118,131)(H,119,128)(H,120,125)(H,134,135)(H3,109,111,121)(H3,110,112,122)/t63-,77-,78-,79-,80-,81-,82-,83-,84-,86-/m0/s1. The molecule has 10 amide bonds. The van der Waals surface area contributed by atoms with E-state index >= 15 is 28.8 Å². The first kappa shape index (κ1) is 115. The molecule has 39 heteroatoms. The van der Waals surface area contributed by atoms with Gasteiger partial charge in [0.15, 0.2) is 0 Å². The molecule has 146 heavy (non-hydrogen) atoms. The van der Waals surface area contributed by atoms with Crippen LogP contribution < -0.4 is 82.6 Å². The number of carboxylic acid groups (broad SMARTS) is 1. The predicted molar refractivity (Wildman–Crippen MR) is 555 cm³/mol. The normalized spacial score (nSPS) is 16.9. The van der Waals surface area contributed by atoms with Gasteiger partial charge in [-0.2, -0.15) is 0 Å². The van der Waals surface area contributed by atoms with Gasteiger partial charge in [0, 0.05) is 63.1 Å². The number of benzene rings is 6. The highest BCUT2D eigenvalue weighted by Gasteiger charge is 2.47. The molecule has 6 aromatic rings. The van der Waals surface area contributed by atoms with Crippen LogP contribution in [-0.2, 0) is 97.5 Å². The molecule has 37 nitrogen and oxygen atoms in total. The molecule has 2 fully saturated rings. The Balaban J connectivity index is 0.969. The molecule has 2 saturated heterocycles. The number of unbranched alkanes of at least 4 members (excludes halogenated alkanes) is 1. The van der Waals surface area contributed by atoms with Crippen LogP contribution in [0.3, 0.4) is 0 Å². The van der Waals surface area contributed by atoms with Crippen LogP contribution in [0.15, 0.2) is 125 Å². The zero-order valence-electron chi connectivity index (χ0n) is 87.9. The van der Waals surface area contributed by atoms with E-state index in [4.69, 9.17) is 35.5 Å². The Hall–Kier alpha value is -12.9. The summed E-state index contributed by atoms with van der Waals surface area (Å²) in [5, 5.41) is 56.6. The van der Waals surface area contributed by atoms with Gasteiger partial charge in [-0.25, -0.2) is 35.9 Å². The van der Waals surface area contributed by atoms with Gasteiger partial charge in [-0.3, -0.25) is 54.0 Å². The molecule has 0 unspecified atom stereocenters. The number of rotatable bonds is 45. The minimum atomic E-state index is -4.48. The molecule has 10 rings (SSSR count). The molecular weight excluding hydrogens is 1910 g/mol.